The lowest BCUT2D eigenvalue weighted by atomic mass is 10.1. The summed E-state index contributed by atoms with van der Waals surface area (Å²) in [6.45, 7) is 2.04. The molecular weight excluding hydrogens is 256 g/mol. The number of carbonyl (C=O) groups is 1. The minimum Gasteiger partial charge on any atom is -0.389 e. The molecule has 0 aliphatic heterocycles. The van der Waals surface area contributed by atoms with Crippen molar-refractivity contribution >= 4 is 11.7 Å². The Morgan fingerprint density at radius 1 is 1.45 bits per heavy atom. The maximum absolute atomic E-state index is 11.8. The van der Waals surface area contributed by atoms with E-state index in [4.69, 9.17) is 0 Å². The lowest BCUT2D eigenvalue weighted by Crippen LogP contribution is -2.28. The molecule has 1 heterocycles. The molecule has 1 atom stereocenters. The van der Waals surface area contributed by atoms with Crippen LogP contribution in [0.4, 0.5) is 10.5 Å². The van der Waals surface area contributed by atoms with Crippen molar-refractivity contribution in [1.29, 1.82) is 0 Å². The summed E-state index contributed by atoms with van der Waals surface area (Å²) in [6, 6.07) is 8.64. The van der Waals surface area contributed by atoms with Crippen molar-refractivity contribution in [2.24, 2.45) is 7.05 Å². The van der Waals surface area contributed by atoms with Gasteiger partial charge in [-0.1, -0.05) is 12.1 Å². The number of hydrogen-bond donors (Lipinski definition) is 3. The fraction of sp³-hybridized carbons (Fsp3) is 0.286. The molecule has 0 saturated carbocycles. The van der Waals surface area contributed by atoms with Gasteiger partial charge in [-0.2, -0.15) is 5.10 Å². The van der Waals surface area contributed by atoms with Crippen LogP contribution in [0.2, 0.25) is 0 Å². The highest BCUT2D eigenvalue weighted by Gasteiger charge is 2.05. The van der Waals surface area contributed by atoms with Gasteiger partial charge in [-0.3, -0.25) is 4.68 Å². The summed E-state index contributed by atoms with van der Waals surface area (Å²) in [5, 5.41) is 19.1. The lowest BCUT2D eigenvalue weighted by molar-refractivity contribution is 0.199. The first-order chi connectivity index (χ1) is 9.54. The van der Waals surface area contributed by atoms with E-state index in [0.717, 1.165) is 11.3 Å². The molecule has 1 aromatic carbocycles. The van der Waals surface area contributed by atoms with E-state index in [1.807, 2.05) is 25.4 Å². The van der Waals surface area contributed by atoms with Crippen molar-refractivity contribution in [1.82, 2.24) is 15.1 Å². The Kier molecular flexibility index (Phi) is 4.37. The van der Waals surface area contributed by atoms with E-state index in [0.29, 0.717) is 12.2 Å². The average Bonchev–Trinajstić information content (AvgIpc) is 2.82. The lowest BCUT2D eigenvalue weighted by Gasteiger charge is -2.09. The summed E-state index contributed by atoms with van der Waals surface area (Å²) in [7, 11) is 1.82. The first kappa shape index (κ1) is 14.1. The normalized spacial score (nSPS) is 11.9. The molecule has 2 rings (SSSR count). The van der Waals surface area contributed by atoms with Crippen LogP contribution >= 0.6 is 0 Å². The summed E-state index contributed by atoms with van der Waals surface area (Å²) >= 11 is 0. The van der Waals surface area contributed by atoms with Crippen LogP contribution in [0.25, 0.3) is 0 Å². The minimum atomic E-state index is -0.562. The number of nitrogens with one attached hydrogen (secondary N) is 2. The molecule has 0 radical (unpaired) electrons. The van der Waals surface area contributed by atoms with Crippen molar-refractivity contribution in [2.75, 3.05) is 5.32 Å². The standard InChI is InChI=1S/C14H18N4O2/c1-10(19)11-4-3-5-12(8-11)16-14(20)15-9-13-6-7-18(2)17-13/h3-8,10,19H,9H2,1-2H3,(H2,15,16,20). The monoisotopic (exact) mass is 274 g/mol. The smallest absolute Gasteiger partial charge is 0.319 e. The number of aliphatic hydroxyl groups excluding tert-OH is 1. The highest BCUT2D eigenvalue weighted by Crippen LogP contribution is 2.16. The maximum Gasteiger partial charge on any atom is 0.319 e. The molecule has 3 N–H and O–H groups in total. The second kappa shape index (κ2) is 6.21. The molecule has 1 unspecified atom stereocenters. The Morgan fingerprint density at radius 3 is 2.90 bits per heavy atom. The van der Waals surface area contributed by atoms with Crippen molar-refractivity contribution in [3.8, 4) is 0 Å². The third-order valence-corrected chi connectivity index (χ3v) is 2.83. The van der Waals surface area contributed by atoms with Crippen LogP contribution in [-0.2, 0) is 13.6 Å². The van der Waals surface area contributed by atoms with Gasteiger partial charge in [-0.15, -0.1) is 0 Å². The van der Waals surface area contributed by atoms with Gasteiger partial charge in [0.2, 0.25) is 0 Å². The summed E-state index contributed by atoms with van der Waals surface area (Å²) in [5.74, 6) is 0. The fourth-order valence-electron chi connectivity index (χ4n) is 1.78. The molecule has 1 aromatic heterocycles. The number of aryl methyl sites for hydroxylation is 1. The Labute approximate surface area is 117 Å². The molecule has 0 bridgehead atoms. The van der Waals surface area contributed by atoms with Gasteiger partial charge in [0, 0.05) is 18.9 Å². The number of anilines is 1. The molecule has 106 valence electrons. The molecule has 2 aromatic rings. The van der Waals surface area contributed by atoms with Crippen LogP contribution in [-0.4, -0.2) is 20.9 Å². The molecule has 6 heteroatoms. The van der Waals surface area contributed by atoms with Crippen molar-refractivity contribution in [3.63, 3.8) is 0 Å². The Balaban J connectivity index is 1.89. The Hall–Kier alpha value is -2.34. The van der Waals surface area contributed by atoms with Gasteiger partial charge in [0.05, 0.1) is 18.3 Å². The van der Waals surface area contributed by atoms with Crippen molar-refractivity contribution in [3.05, 3.63) is 47.8 Å². The van der Waals surface area contributed by atoms with Gasteiger partial charge in [0.25, 0.3) is 0 Å². The number of aliphatic hydroxyl groups is 1. The summed E-state index contributed by atoms with van der Waals surface area (Å²) in [5.41, 5.74) is 2.19. The van der Waals surface area contributed by atoms with Gasteiger partial charge in [0.1, 0.15) is 0 Å². The number of rotatable bonds is 4. The molecule has 0 aliphatic carbocycles. The summed E-state index contributed by atoms with van der Waals surface area (Å²) in [6.07, 6.45) is 1.26. The average molecular weight is 274 g/mol. The van der Waals surface area contributed by atoms with Crippen LogP contribution < -0.4 is 10.6 Å². The van der Waals surface area contributed by atoms with E-state index in [1.165, 1.54) is 0 Å². The van der Waals surface area contributed by atoms with E-state index < -0.39 is 6.10 Å². The van der Waals surface area contributed by atoms with Crippen LogP contribution in [0.3, 0.4) is 0 Å². The molecule has 6 nitrogen and oxygen atoms in total. The van der Waals surface area contributed by atoms with Crippen LogP contribution in [0.15, 0.2) is 36.5 Å². The zero-order valence-corrected chi connectivity index (χ0v) is 11.5. The summed E-state index contributed by atoms with van der Waals surface area (Å²) in [4.78, 5) is 11.8. The van der Waals surface area contributed by atoms with Crippen molar-refractivity contribution < 1.29 is 9.90 Å². The number of hydrogen-bond acceptors (Lipinski definition) is 3. The highest BCUT2D eigenvalue weighted by atomic mass is 16.3. The largest absolute Gasteiger partial charge is 0.389 e. The van der Waals surface area contributed by atoms with E-state index in [9.17, 15) is 9.90 Å². The third kappa shape index (κ3) is 3.83. The zero-order chi connectivity index (χ0) is 14.5. The topological polar surface area (TPSA) is 79.2 Å². The number of carbonyl (C=O) groups excluding carboxylic acids is 1. The third-order valence-electron chi connectivity index (χ3n) is 2.83. The second-order valence-electron chi connectivity index (χ2n) is 4.59. The maximum atomic E-state index is 11.8. The SMILES string of the molecule is CC(O)c1cccc(NC(=O)NCc2ccn(C)n2)c1. The van der Waals surface area contributed by atoms with Crippen molar-refractivity contribution in [2.45, 2.75) is 19.6 Å². The molecular formula is C14H18N4O2. The number of aromatic nitrogens is 2. The molecule has 0 fully saturated rings. The molecule has 0 spiro atoms. The second-order valence-corrected chi connectivity index (χ2v) is 4.59. The zero-order valence-electron chi connectivity index (χ0n) is 11.5. The Bertz CT molecular complexity index is 592. The number of amides is 2. The van der Waals surface area contributed by atoms with Gasteiger partial charge in [-0.05, 0) is 30.7 Å². The highest BCUT2D eigenvalue weighted by molar-refractivity contribution is 5.89. The van der Waals surface area contributed by atoms with Crippen LogP contribution in [0.1, 0.15) is 24.3 Å². The predicted octanol–water partition coefficient (Wildman–Crippen LogP) is 1.80. The van der Waals surface area contributed by atoms with Gasteiger partial charge >= 0.3 is 6.03 Å². The first-order valence-electron chi connectivity index (χ1n) is 6.36. The number of urea groups is 1. The molecule has 0 aliphatic rings. The predicted molar refractivity (Wildman–Crippen MR) is 76.1 cm³/mol. The fourth-order valence-corrected chi connectivity index (χ4v) is 1.78. The van der Waals surface area contributed by atoms with Crippen LogP contribution in [0.5, 0.6) is 0 Å². The van der Waals surface area contributed by atoms with E-state index in [2.05, 4.69) is 15.7 Å². The van der Waals surface area contributed by atoms with Gasteiger partial charge in [-0.25, -0.2) is 4.79 Å². The van der Waals surface area contributed by atoms with Gasteiger partial charge < -0.3 is 15.7 Å². The molecule has 20 heavy (non-hydrogen) atoms. The van der Waals surface area contributed by atoms with E-state index >= 15 is 0 Å². The number of benzene rings is 1. The van der Waals surface area contributed by atoms with Gasteiger partial charge in [0.15, 0.2) is 0 Å². The summed E-state index contributed by atoms with van der Waals surface area (Å²) < 4.78 is 1.68. The van der Waals surface area contributed by atoms with E-state index in [-0.39, 0.29) is 6.03 Å². The first-order valence-corrected chi connectivity index (χ1v) is 6.36. The van der Waals surface area contributed by atoms with E-state index in [1.54, 1.807) is 29.8 Å². The molecule has 0 saturated heterocycles. The quantitative estimate of drug-likeness (QED) is 0.795. The Morgan fingerprint density at radius 2 is 2.25 bits per heavy atom. The van der Waals surface area contributed by atoms with Crippen LogP contribution in [0, 0.1) is 0 Å². The molecule has 2 amide bonds. The minimum absolute atomic E-state index is 0.307. The number of nitrogens with zero attached hydrogens (tertiary/aromatic N) is 2.